The van der Waals surface area contributed by atoms with Crippen LogP contribution in [0.3, 0.4) is 0 Å². The number of hydrogen-bond donors (Lipinski definition) is 0. The minimum Gasteiger partial charge on any atom is -0.333 e. The van der Waals surface area contributed by atoms with Crippen molar-refractivity contribution in [1.29, 1.82) is 0 Å². The van der Waals surface area contributed by atoms with E-state index < -0.39 is 17.7 Å². The topological polar surface area (TPSA) is 17.8 Å². The molecule has 0 bridgehead atoms. The summed E-state index contributed by atoms with van der Waals surface area (Å²) in [6, 6.07) is 4.37. The predicted octanol–water partition coefficient (Wildman–Crippen LogP) is 4.01. The lowest BCUT2D eigenvalue weighted by atomic mass is 10.2. The molecule has 1 aromatic carbocycles. The zero-order valence-electron chi connectivity index (χ0n) is 9.09. The first-order chi connectivity index (χ1) is 8.30. The lowest BCUT2D eigenvalue weighted by Gasteiger charge is -2.04. The van der Waals surface area contributed by atoms with Gasteiger partial charge in [-0.05, 0) is 28.1 Å². The highest BCUT2D eigenvalue weighted by Crippen LogP contribution is 2.32. The highest BCUT2D eigenvalue weighted by molar-refractivity contribution is 9.10. The first-order valence-corrected chi connectivity index (χ1v) is 5.65. The van der Waals surface area contributed by atoms with Crippen LogP contribution >= 0.6 is 15.9 Å². The maximum Gasteiger partial charge on any atom is 0.434 e. The number of imidazole rings is 1. The molecule has 2 aromatic rings. The molecule has 0 aliphatic rings. The molecule has 0 N–H and O–H groups in total. The molecular weight excluding hydrogens is 316 g/mol. The summed E-state index contributed by atoms with van der Waals surface area (Å²) >= 11 is 2.98. The quantitative estimate of drug-likeness (QED) is 0.725. The molecule has 2 rings (SSSR count). The molecule has 0 saturated heterocycles. The molecule has 0 spiro atoms. The summed E-state index contributed by atoms with van der Waals surface area (Å²) in [6.07, 6.45) is -3.71. The van der Waals surface area contributed by atoms with Crippen LogP contribution in [-0.4, -0.2) is 9.55 Å². The molecule has 96 valence electrons. The van der Waals surface area contributed by atoms with E-state index in [0.29, 0.717) is 0 Å². The molecule has 0 unspecified atom stereocenters. The van der Waals surface area contributed by atoms with Crippen LogP contribution < -0.4 is 0 Å². The average Bonchev–Trinajstić information content (AvgIpc) is 2.64. The summed E-state index contributed by atoms with van der Waals surface area (Å²) < 4.78 is 52.6. The summed E-state index contributed by atoms with van der Waals surface area (Å²) in [5, 5.41) is 0. The lowest BCUT2D eigenvalue weighted by molar-refractivity contribution is -0.140. The molecule has 0 saturated carbocycles. The number of nitrogens with zero attached hydrogens (tertiary/aromatic N) is 2. The molecule has 0 aliphatic heterocycles. The molecule has 2 nitrogen and oxygen atoms in total. The number of hydrogen-bond acceptors (Lipinski definition) is 1. The molecule has 1 heterocycles. The van der Waals surface area contributed by atoms with E-state index in [-0.39, 0.29) is 15.9 Å². The predicted molar refractivity (Wildman–Crippen MR) is 61.3 cm³/mol. The standard InChI is InChI=1S/C11H7BrF4N2/c1-18-5-8(11(14,15)16)17-10(18)6-3-2-4-7(12)9(6)13/h2-5H,1H3. The summed E-state index contributed by atoms with van der Waals surface area (Å²) in [6.45, 7) is 0. The van der Waals surface area contributed by atoms with Crippen molar-refractivity contribution in [2.45, 2.75) is 6.18 Å². The van der Waals surface area contributed by atoms with E-state index in [1.54, 1.807) is 0 Å². The fourth-order valence-corrected chi connectivity index (χ4v) is 1.90. The number of aromatic nitrogens is 2. The zero-order chi connectivity index (χ0) is 13.5. The van der Waals surface area contributed by atoms with E-state index in [1.807, 2.05) is 0 Å². The number of halogens is 5. The van der Waals surface area contributed by atoms with Crippen LogP contribution in [0.15, 0.2) is 28.9 Å². The van der Waals surface area contributed by atoms with Crippen LogP contribution in [-0.2, 0) is 13.2 Å². The Morgan fingerprint density at radius 2 is 1.94 bits per heavy atom. The van der Waals surface area contributed by atoms with Gasteiger partial charge < -0.3 is 4.57 Å². The van der Waals surface area contributed by atoms with E-state index in [2.05, 4.69) is 20.9 Å². The molecule has 18 heavy (non-hydrogen) atoms. The third kappa shape index (κ3) is 2.27. The van der Waals surface area contributed by atoms with Crippen LogP contribution in [0.1, 0.15) is 5.69 Å². The fraction of sp³-hybridized carbons (Fsp3) is 0.182. The molecule has 0 atom stereocenters. The first-order valence-electron chi connectivity index (χ1n) is 4.85. The van der Waals surface area contributed by atoms with Gasteiger partial charge in [-0.25, -0.2) is 9.37 Å². The van der Waals surface area contributed by atoms with Gasteiger partial charge in [-0.2, -0.15) is 13.2 Å². The van der Waals surface area contributed by atoms with E-state index >= 15 is 0 Å². The molecule has 1 aromatic heterocycles. The molecule has 7 heteroatoms. The van der Waals surface area contributed by atoms with E-state index in [9.17, 15) is 17.6 Å². The van der Waals surface area contributed by atoms with Gasteiger partial charge in [-0.1, -0.05) is 6.07 Å². The van der Waals surface area contributed by atoms with Crippen molar-refractivity contribution in [1.82, 2.24) is 9.55 Å². The van der Waals surface area contributed by atoms with Gasteiger partial charge in [0.05, 0.1) is 10.0 Å². The number of alkyl halides is 3. The smallest absolute Gasteiger partial charge is 0.333 e. The molecule has 0 amide bonds. The first kappa shape index (κ1) is 13.1. The van der Waals surface area contributed by atoms with Crippen LogP contribution in [0, 0.1) is 5.82 Å². The Morgan fingerprint density at radius 1 is 1.28 bits per heavy atom. The molecular formula is C11H7BrF4N2. The summed E-state index contributed by atoms with van der Waals surface area (Å²) in [4.78, 5) is 3.43. The van der Waals surface area contributed by atoms with Crippen molar-refractivity contribution in [3.63, 3.8) is 0 Å². The Kier molecular flexibility index (Phi) is 3.18. The van der Waals surface area contributed by atoms with Gasteiger partial charge in [-0.15, -0.1) is 0 Å². The minimum atomic E-state index is -4.54. The lowest BCUT2D eigenvalue weighted by Crippen LogP contribution is -2.05. The van der Waals surface area contributed by atoms with Crippen LogP contribution in [0.4, 0.5) is 17.6 Å². The molecule has 0 radical (unpaired) electrons. The van der Waals surface area contributed by atoms with Gasteiger partial charge in [0.15, 0.2) is 5.69 Å². The molecule has 0 aliphatic carbocycles. The van der Waals surface area contributed by atoms with Gasteiger partial charge in [-0.3, -0.25) is 0 Å². The summed E-state index contributed by atoms with van der Waals surface area (Å²) in [5.74, 6) is -0.707. The Hall–Kier alpha value is -1.37. The summed E-state index contributed by atoms with van der Waals surface area (Å²) in [5.41, 5.74) is -1.03. The van der Waals surface area contributed by atoms with Gasteiger partial charge in [0.1, 0.15) is 11.6 Å². The Morgan fingerprint density at radius 3 is 2.50 bits per heavy atom. The second-order valence-electron chi connectivity index (χ2n) is 3.66. The number of aryl methyl sites for hydroxylation is 1. The van der Waals surface area contributed by atoms with E-state index in [1.165, 1.54) is 25.2 Å². The highest BCUT2D eigenvalue weighted by atomic mass is 79.9. The van der Waals surface area contributed by atoms with Crippen molar-refractivity contribution in [3.8, 4) is 11.4 Å². The SMILES string of the molecule is Cn1cc(C(F)(F)F)nc1-c1cccc(Br)c1F. The third-order valence-electron chi connectivity index (χ3n) is 2.36. The highest BCUT2D eigenvalue weighted by Gasteiger charge is 2.34. The third-order valence-corrected chi connectivity index (χ3v) is 2.97. The Balaban J connectivity index is 2.58. The van der Waals surface area contributed by atoms with Crippen molar-refractivity contribution >= 4 is 15.9 Å². The van der Waals surface area contributed by atoms with Gasteiger partial charge >= 0.3 is 6.18 Å². The minimum absolute atomic E-state index is 0.0161. The van der Waals surface area contributed by atoms with Gasteiger partial charge in [0.2, 0.25) is 0 Å². The van der Waals surface area contributed by atoms with Crippen molar-refractivity contribution in [2.75, 3.05) is 0 Å². The zero-order valence-corrected chi connectivity index (χ0v) is 10.7. The van der Waals surface area contributed by atoms with Gasteiger partial charge in [0, 0.05) is 13.2 Å². The van der Waals surface area contributed by atoms with E-state index in [4.69, 9.17) is 0 Å². The van der Waals surface area contributed by atoms with E-state index in [0.717, 1.165) is 10.8 Å². The van der Waals surface area contributed by atoms with Crippen molar-refractivity contribution in [3.05, 3.63) is 40.4 Å². The number of rotatable bonds is 1. The van der Waals surface area contributed by atoms with Crippen LogP contribution in [0.25, 0.3) is 11.4 Å². The molecule has 0 fully saturated rings. The van der Waals surface area contributed by atoms with Crippen LogP contribution in [0.5, 0.6) is 0 Å². The monoisotopic (exact) mass is 322 g/mol. The maximum atomic E-state index is 13.8. The average molecular weight is 323 g/mol. The summed E-state index contributed by atoms with van der Waals surface area (Å²) in [7, 11) is 1.39. The van der Waals surface area contributed by atoms with Crippen molar-refractivity contribution < 1.29 is 17.6 Å². The van der Waals surface area contributed by atoms with Crippen LogP contribution in [0.2, 0.25) is 0 Å². The Labute approximate surface area is 108 Å². The largest absolute Gasteiger partial charge is 0.434 e. The van der Waals surface area contributed by atoms with Crippen molar-refractivity contribution in [2.24, 2.45) is 7.05 Å². The number of benzene rings is 1. The van der Waals surface area contributed by atoms with Gasteiger partial charge in [0.25, 0.3) is 0 Å². The maximum absolute atomic E-state index is 13.8. The second-order valence-corrected chi connectivity index (χ2v) is 4.51. The second kappa shape index (κ2) is 4.38. The Bertz CT molecular complexity index is 589. The fourth-order valence-electron chi connectivity index (χ4n) is 1.53. The normalized spacial score (nSPS) is 11.9.